The fourth-order valence-electron chi connectivity index (χ4n) is 1.75. The minimum Gasteiger partial charge on any atom is -0.506 e. The number of benzene rings is 1. The Morgan fingerprint density at radius 2 is 1.94 bits per heavy atom. The highest BCUT2D eigenvalue weighted by Gasteiger charge is 2.22. The van der Waals surface area contributed by atoms with Gasteiger partial charge in [-0.25, -0.2) is 4.39 Å². The Kier molecular flexibility index (Phi) is 2.80. The number of aryl methyl sites for hydroxylation is 1. The first-order chi connectivity index (χ1) is 8.30. The van der Waals surface area contributed by atoms with Crippen LogP contribution in [0.25, 0.3) is 5.69 Å². The van der Waals surface area contributed by atoms with Crippen molar-refractivity contribution in [2.45, 2.75) is 33.1 Å². The molecule has 0 aliphatic heterocycles. The van der Waals surface area contributed by atoms with Crippen LogP contribution in [0.15, 0.2) is 12.1 Å². The summed E-state index contributed by atoms with van der Waals surface area (Å²) >= 11 is 0. The van der Waals surface area contributed by atoms with Crippen molar-refractivity contribution in [3.8, 4) is 11.4 Å². The summed E-state index contributed by atoms with van der Waals surface area (Å²) in [5, 5.41) is 20.9. The van der Waals surface area contributed by atoms with Gasteiger partial charge in [0.25, 0.3) is 0 Å². The molecule has 2 aromatic rings. The average Bonchev–Trinajstić information content (AvgIpc) is 2.62. The molecule has 0 fully saturated rings. The zero-order valence-corrected chi connectivity index (χ0v) is 10.8. The lowest BCUT2D eigenvalue weighted by Gasteiger charge is -2.21. The fourth-order valence-corrected chi connectivity index (χ4v) is 1.75. The molecule has 0 bridgehead atoms. The topological polar surface area (TPSA) is 63.8 Å². The van der Waals surface area contributed by atoms with E-state index in [4.69, 9.17) is 0 Å². The molecular formula is C12H15FN4O. The van der Waals surface area contributed by atoms with E-state index in [0.717, 1.165) is 6.07 Å². The third-order valence-electron chi connectivity index (χ3n) is 2.73. The van der Waals surface area contributed by atoms with Gasteiger partial charge in [-0.3, -0.25) is 0 Å². The Bertz CT molecular complexity index is 586. The summed E-state index contributed by atoms with van der Waals surface area (Å²) in [6, 6.07) is 2.67. The number of phenols is 1. The van der Waals surface area contributed by atoms with Crippen LogP contribution in [-0.4, -0.2) is 25.3 Å². The molecule has 0 radical (unpaired) electrons. The summed E-state index contributed by atoms with van der Waals surface area (Å²) in [4.78, 5) is 0. The Hall–Kier alpha value is -1.98. The van der Waals surface area contributed by atoms with Crippen LogP contribution in [-0.2, 0) is 5.41 Å². The highest BCUT2D eigenvalue weighted by molar-refractivity contribution is 5.50. The first kappa shape index (κ1) is 12.5. The largest absolute Gasteiger partial charge is 0.506 e. The Balaban J connectivity index is 2.66. The number of halogens is 1. The molecule has 0 amide bonds. The van der Waals surface area contributed by atoms with Crippen molar-refractivity contribution in [3.63, 3.8) is 0 Å². The molecule has 0 unspecified atom stereocenters. The second-order valence-corrected chi connectivity index (χ2v) is 5.21. The lowest BCUT2D eigenvalue weighted by Crippen LogP contribution is -2.15. The molecule has 0 atom stereocenters. The van der Waals surface area contributed by atoms with Gasteiger partial charge in [0.2, 0.25) is 0 Å². The maximum atomic E-state index is 13.8. The third-order valence-corrected chi connectivity index (χ3v) is 2.73. The number of hydrogen-bond acceptors (Lipinski definition) is 4. The summed E-state index contributed by atoms with van der Waals surface area (Å²) in [6.07, 6.45) is 0. The van der Waals surface area contributed by atoms with Crippen molar-refractivity contribution in [1.29, 1.82) is 0 Å². The van der Waals surface area contributed by atoms with Gasteiger partial charge in [-0.15, -0.1) is 5.10 Å². The number of rotatable bonds is 1. The molecule has 1 N–H and O–H groups in total. The van der Waals surface area contributed by atoms with Gasteiger partial charge in [-0.05, 0) is 34.4 Å². The molecule has 0 aliphatic rings. The Morgan fingerprint density at radius 1 is 1.28 bits per heavy atom. The van der Waals surface area contributed by atoms with Crippen molar-refractivity contribution in [2.75, 3.05) is 0 Å². The Labute approximate surface area is 104 Å². The number of aromatic nitrogens is 4. The van der Waals surface area contributed by atoms with Crippen LogP contribution in [0, 0.1) is 12.7 Å². The van der Waals surface area contributed by atoms with Gasteiger partial charge >= 0.3 is 0 Å². The second kappa shape index (κ2) is 4.04. The lowest BCUT2D eigenvalue weighted by atomic mass is 9.86. The highest BCUT2D eigenvalue weighted by Crippen LogP contribution is 2.32. The molecule has 6 heteroatoms. The quantitative estimate of drug-likeness (QED) is 0.842. The van der Waals surface area contributed by atoms with Gasteiger partial charge in [0.05, 0.1) is 0 Å². The van der Waals surface area contributed by atoms with E-state index in [1.165, 1.54) is 4.68 Å². The van der Waals surface area contributed by atoms with E-state index in [2.05, 4.69) is 15.5 Å². The molecule has 0 saturated heterocycles. The zero-order valence-electron chi connectivity index (χ0n) is 10.8. The van der Waals surface area contributed by atoms with Crippen LogP contribution in [0.3, 0.4) is 0 Å². The maximum Gasteiger partial charge on any atom is 0.153 e. The number of aromatic hydroxyl groups is 1. The summed E-state index contributed by atoms with van der Waals surface area (Å²) < 4.78 is 15.2. The van der Waals surface area contributed by atoms with Gasteiger partial charge in [0, 0.05) is 6.07 Å². The van der Waals surface area contributed by atoms with E-state index in [9.17, 15) is 9.50 Å². The van der Waals surface area contributed by atoms with Gasteiger partial charge in [0.1, 0.15) is 17.3 Å². The molecule has 2 rings (SSSR count). The minimum absolute atomic E-state index is 0.184. The number of phenolic OH excluding ortho intramolecular Hbond substituents is 1. The molecule has 1 heterocycles. The highest BCUT2D eigenvalue weighted by atomic mass is 19.1. The molecular weight excluding hydrogens is 235 g/mol. The molecule has 0 aliphatic carbocycles. The molecule has 0 saturated carbocycles. The molecule has 0 spiro atoms. The Morgan fingerprint density at radius 3 is 2.44 bits per heavy atom. The van der Waals surface area contributed by atoms with E-state index >= 15 is 0 Å². The molecule has 1 aromatic heterocycles. The van der Waals surface area contributed by atoms with Crippen LogP contribution in [0.4, 0.5) is 4.39 Å². The normalized spacial score (nSPS) is 11.8. The van der Waals surface area contributed by atoms with Crippen LogP contribution >= 0.6 is 0 Å². The smallest absolute Gasteiger partial charge is 0.153 e. The zero-order chi connectivity index (χ0) is 13.5. The molecule has 18 heavy (non-hydrogen) atoms. The first-order valence-electron chi connectivity index (χ1n) is 5.59. The third kappa shape index (κ3) is 2.05. The van der Waals surface area contributed by atoms with Crippen LogP contribution in [0.5, 0.6) is 5.75 Å². The van der Waals surface area contributed by atoms with Crippen molar-refractivity contribution in [3.05, 3.63) is 29.3 Å². The van der Waals surface area contributed by atoms with Crippen LogP contribution in [0.2, 0.25) is 0 Å². The maximum absolute atomic E-state index is 13.8. The SMILES string of the molecule is Cc1nnnn1-c1cc(C(C)(C)C)c(F)cc1O. The van der Waals surface area contributed by atoms with Crippen LogP contribution in [0.1, 0.15) is 32.2 Å². The van der Waals surface area contributed by atoms with E-state index in [-0.39, 0.29) is 11.2 Å². The average molecular weight is 250 g/mol. The predicted octanol–water partition coefficient (Wildman–Crippen LogP) is 2.11. The van der Waals surface area contributed by atoms with E-state index in [1.807, 2.05) is 20.8 Å². The molecule has 5 nitrogen and oxygen atoms in total. The van der Waals surface area contributed by atoms with E-state index < -0.39 is 5.82 Å². The number of nitrogens with zero attached hydrogens (tertiary/aromatic N) is 4. The van der Waals surface area contributed by atoms with E-state index in [0.29, 0.717) is 17.1 Å². The van der Waals surface area contributed by atoms with Gasteiger partial charge in [-0.2, -0.15) is 4.68 Å². The first-order valence-corrected chi connectivity index (χ1v) is 5.59. The summed E-state index contributed by atoms with van der Waals surface area (Å²) in [7, 11) is 0. The van der Waals surface area contributed by atoms with Gasteiger partial charge < -0.3 is 5.11 Å². The number of hydrogen-bond donors (Lipinski definition) is 1. The summed E-state index contributed by atoms with van der Waals surface area (Å²) in [5.41, 5.74) is 0.517. The fraction of sp³-hybridized carbons (Fsp3) is 0.417. The van der Waals surface area contributed by atoms with Crippen molar-refractivity contribution >= 4 is 0 Å². The number of tetrazole rings is 1. The van der Waals surface area contributed by atoms with Crippen molar-refractivity contribution in [2.24, 2.45) is 0 Å². The molecule has 1 aromatic carbocycles. The van der Waals surface area contributed by atoms with Crippen molar-refractivity contribution in [1.82, 2.24) is 20.2 Å². The van der Waals surface area contributed by atoms with Gasteiger partial charge in [0.15, 0.2) is 5.82 Å². The standard InChI is InChI=1S/C12H15FN4O/c1-7-14-15-16-17(7)10-5-8(12(2,3)4)9(13)6-11(10)18/h5-6,18H,1-4H3. The molecule has 96 valence electrons. The second-order valence-electron chi connectivity index (χ2n) is 5.21. The minimum atomic E-state index is -0.436. The summed E-state index contributed by atoms with van der Waals surface area (Å²) in [5.74, 6) is -0.0952. The van der Waals surface area contributed by atoms with E-state index in [1.54, 1.807) is 13.0 Å². The van der Waals surface area contributed by atoms with Gasteiger partial charge in [-0.1, -0.05) is 20.8 Å². The summed E-state index contributed by atoms with van der Waals surface area (Å²) in [6.45, 7) is 7.41. The monoisotopic (exact) mass is 250 g/mol. The van der Waals surface area contributed by atoms with Crippen molar-refractivity contribution < 1.29 is 9.50 Å². The van der Waals surface area contributed by atoms with Crippen LogP contribution < -0.4 is 0 Å². The lowest BCUT2D eigenvalue weighted by molar-refractivity contribution is 0.455. The predicted molar refractivity (Wildman–Crippen MR) is 64.2 cm³/mol.